The van der Waals surface area contributed by atoms with Crippen LogP contribution in [0.15, 0.2) is 22.7 Å². The van der Waals surface area contributed by atoms with Crippen LogP contribution in [0.4, 0.5) is 0 Å². The van der Waals surface area contributed by atoms with Gasteiger partial charge in [-0.25, -0.2) is 0 Å². The molecule has 1 aromatic carbocycles. The van der Waals surface area contributed by atoms with Crippen molar-refractivity contribution in [1.29, 1.82) is 0 Å². The summed E-state index contributed by atoms with van der Waals surface area (Å²) in [4.78, 5) is 0. The lowest BCUT2D eigenvalue weighted by Crippen LogP contribution is -2.38. The average molecular weight is 320 g/mol. The van der Waals surface area contributed by atoms with Gasteiger partial charge in [-0.3, -0.25) is 0 Å². The molecule has 0 aliphatic rings. The molecule has 0 saturated carbocycles. The SMILES string of the molecule is CC(C)NCC(C)NCc1cc(Cl)cc(Br)c1. The Morgan fingerprint density at radius 1 is 1.18 bits per heavy atom. The Bertz CT molecular complexity index is 335. The van der Waals surface area contributed by atoms with Crippen LogP contribution in [0.5, 0.6) is 0 Å². The van der Waals surface area contributed by atoms with Crippen LogP contribution in [0.2, 0.25) is 5.02 Å². The molecule has 1 aromatic rings. The number of hydrogen-bond donors (Lipinski definition) is 2. The van der Waals surface area contributed by atoms with E-state index >= 15 is 0 Å². The quantitative estimate of drug-likeness (QED) is 0.837. The highest BCUT2D eigenvalue weighted by Crippen LogP contribution is 2.19. The number of hydrogen-bond acceptors (Lipinski definition) is 2. The third-order valence-corrected chi connectivity index (χ3v) is 3.09. The van der Waals surface area contributed by atoms with Crippen LogP contribution in [0, 0.1) is 0 Å². The molecule has 17 heavy (non-hydrogen) atoms. The monoisotopic (exact) mass is 318 g/mol. The Hall–Kier alpha value is -0.0900. The van der Waals surface area contributed by atoms with E-state index in [-0.39, 0.29) is 0 Å². The van der Waals surface area contributed by atoms with Crippen molar-refractivity contribution in [2.45, 2.75) is 39.4 Å². The standard InChI is InChI=1S/C13H20BrClN2/c1-9(2)16-7-10(3)17-8-11-4-12(14)6-13(15)5-11/h4-6,9-10,16-17H,7-8H2,1-3H3. The van der Waals surface area contributed by atoms with E-state index < -0.39 is 0 Å². The van der Waals surface area contributed by atoms with E-state index in [1.165, 1.54) is 5.56 Å². The number of halogens is 2. The van der Waals surface area contributed by atoms with Gasteiger partial charge in [-0.2, -0.15) is 0 Å². The maximum atomic E-state index is 6.00. The molecule has 1 atom stereocenters. The fraction of sp³-hybridized carbons (Fsp3) is 0.538. The van der Waals surface area contributed by atoms with E-state index in [9.17, 15) is 0 Å². The van der Waals surface area contributed by atoms with E-state index in [0.717, 1.165) is 22.6 Å². The summed E-state index contributed by atoms with van der Waals surface area (Å²) >= 11 is 9.44. The summed E-state index contributed by atoms with van der Waals surface area (Å²) in [5.74, 6) is 0. The van der Waals surface area contributed by atoms with E-state index in [1.54, 1.807) is 0 Å². The minimum Gasteiger partial charge on any atom is -0.313 e. The lowest BCUT2D eigenvalue weighted by molar-refractivity contribution is 0.474. The third-order valence-electron chi connectivity index (χ3n) is 2.41. The number of benzene rings is 1. The minimum atomic E-state index is 0.440. The maximum Gasteiger partial charge on any atom is 0.0420 e. The molecular formula is C13H20BrClN2. The van der Waals surface area contributed by atoms with E-state index in [4.69, 9.17) is 11.6 Å². The summed E-state index contributed by atoms with van der Waals surface area (Å²) in [6, 6.07) is 6.94. The molecule has 1 rings (SSSR count). The van der Waals surface area contributed by atoms with Crippen molar-refractivity contribution in [3.05, 3.63) is 33.3 Å². The summed E-state index contributed by atoms with van der Waals surface area (Å²) in [6.07, 6.45) is 0. The first-order chi connectivity index (χ1) is 7.97. The zero-order valence-corrected chi connectivity index (χ0v) is 12.9. The van der Waals surface area contributed by atoms with Crippen LogP contribution >= 0.6 is 27.5 Å². The Balaban J connectivity index is 2.39. The number of rotatable bonds is 6. The topological polar surface area (TPSA) is 24.1 Å². The lowest BCUT2D eigenvalue weighted by atomic mass is 10.2. The molecule has 0 fully saturated rings. The molecule has 2 N–H and O–H groups in total. The van der Waals surface area contributed by atoms with Crippen molar-refractivity contribution in [2.75, 3.05) is 6.54 Å². The van der Waals surface area contributed by atoms with Crippen molar-refractivity contribution in [3.63, 3.8) is 0 Å². The molecule has 96 valence electrons. The molecule has 0 heterocycles. The van der Waals surface area contributed by atoms with Crippen LogP contribution in [0.1, 0.15) is 26.3 Å². The van der Waals surface area contributed by atoms with Crippen LogP contribution in [-0.2, 0) is 6.54 Å². The molecule has 0 amide bonds. The second kappa shape index (κ2) is 7.37. The fourth-order valence-electron chi connectivity index (χ4n) is 1.49. The second-order valence-electron chi connectivity index (χ2n) is 4.62. The summed E-state index contributed by atoms with van der Waals surface area (Å²) in [5, 5.41) is 7.64. The van der Waals surface area contributed by atoms with Gasteiger partial charge in [-0.1, -0.05) is 41.4 Å². The molecular weight excluding hydrogens is 300 g/mol. The predicted molar refractivity (Wildman–Crippen MR) is 78.6 cm³/mol. The van der Waals surface area contributed by atoms with Crippen LogP contribution in [-0.4, -0.2) is 18.6 Å². The third kappa shape index (κ3) is 6.41. The van der Waals surface area contributed by atoms with Crippen LogP contribution in [0.3, 0.4) is 0 Å². The normalized spacial score (nSPS) is 13.1. The van der Waals surface area contributed by atoms with E-state index in [0.29, 0.717) is 12.1 Å². The summed E-state index contributed by atoms with van der Waals surface area (Å²) in [6.45, 7) is 8.29. The predicted octanol–water partition coefficient (Wildman–Crippen LogP) is 3.58. The van der Waals surface area contributed by atoms with Gasteiger partial charge in [0.2, 0.25) is 0 Å². The highest BCUT2D eigenvalue weighted by atomic mass is 79.9. The van der Waals surface area contributed by atoms with Gasteiger partial charge in [0.25, 0.3) is 0 Å². The van der Waals surface area contributed by atoms with Gasteiger partial charge < -0.3 is 10.6 Å². The number of nitrogens with one attached hydrogen (secondary N) is 2. The first kappa shape index (κ1) is 15.0. The zero-order valence-electron chi connectivity index (χ0n) is 10.6. The zero-order chi connectivity index (χ0) is 12.8. The highest BCUT2D eigenvalue weighted by Gasteiger charge is 2.03. The molecule has 4 heteroatoms. The van der Waals surface area contributed by atoms with Crippen molar-refractivity contribution >= 4 is 27.5 Å². The fourth-order valence-corrected chi connectivity index (χ4v) is 2.42. The highest BCUT2D eigenvalue weighted by molar-refractivity contribution is 9.10. The second-order valence-corrected chi connectivity index (χ2v) is 5.97. The molecule has 2 nitrogen and oxygen atoms in total. The van der Waals surface area contributed by atoms with Gasteiger partial charge in [0.05, 0.1) is 0 Å². The Morgan fingerprint density at radius 2 is 1.88 bits per heavy atom. The first-order valence-electron chi connectivity index (χ1n) is 5.89. The molecule has 0 spiro atoms. The van der Waals surface area contributed by atoms with Crippen molar-refractivity contribution < 1.29 is 0 Å². The average Bonchev–Trinajstić information content (AvgIpc) is 2.22. The van der Waals surface area contributed by atoms with E-state index in [2.05, 4.69) is 53.4 Å². The summed E-state index contributed by atoms with van der Waals surface area (Å²) in [7, 11) is 0. The molecule has 0 radical (unpaired) electrons. The first-order valence-corrected chi connectivity index (χ1v) is 7.06. The molecule has 0 aliphatic carbocycles. The van der Waals surface area contributed by atoms with Gasteiger partial charge in [0.15, 0.2) is 0 Å². The van der Waals surface area contributed by atoms with Crippen molar-refractivity contribution in [1.82, 2.24) is 10.6 Å². The Labute approximate surface area is 117 Å². The maximum absolute atomic E-state index is 6.00. The molecule has 0 aliphatic heterocycles. The van der Waals surface area contributed by atoms with Gasteiger partial charge in [-0.05, 0) is 30.7 Å². The smallest absolute Gasteiger partial charge is 0.0420 e. The lowest BCUT2D eigenvalue weighted by Gasteiger charge is -2.16. The van der Waals surface area contributed by atoms with Crippen molar-refractivity contribution in [3.8, 4) is 0 Å². The minimum absolute atomic E-state index is 0.440. The van der Waals surface area contributed by atoms with Crippen molar-refractivity contribution in [2.24, 2.45) is 0 Å². The molecule has 0 aromatic heterocycles. The van der Waals surface area contributed by atoms with Gasteiger partial charge in [0.1, 0.15) is 0 Å². The van der Waals surface area contributed by atoms with Gasteiger partial charge in [-0.15, -0.1) is 0 Å². The molecule has 0 bridgehead atoms. The van der Waals surface area contributed by atoms with Crippen LogP contribution in [0.25, 0.3) is 0 Å². The van der Waals surface area contributed by atoms with Crippen LogP contribution < -0.4 is 10.6 Å². The summed E-state index contributed by atoms with van der Waals surface area (Å²) < 4.78 is 1.02. The molecule has 0 saturated heterocycles. The summed E-state index contributed by atoms with van der Waals surface area (Å²) in [5.41, 5.74) is 1.20. The van der Waals surface area contributed by atoms with Gasteiger partial charge >= 0.3 is 0 Å². The Morgan fingerprint density at radius 3 is 2.47 bits per heavy atom. The molecule has 1 unspecified atom stereocenters. The van der Waals surface area contributed by atoms with E-state index in [1.807, 2.05) is 12.1 Å². The van der Waals surface area contributed by atoms with Gasteiger partial charge in [0, 0.05) is 34.7 Å². The Kier molecular flexibility index (Phi) is 6.49. The largest absolute Gasteiger partial charge is 0.313 e.